The molecule has 0 aliphatic rings. The lowest BCUT2D eigenvalue weighted by molar-refractivity contribution is -0.137. The van der Waals surface area contributed by atoms with Crippen molar-refractivity contribution in [3.63, 3.8) is 0 Å². The third-order valence-corrected chi connectivity index (χ3v) is 4.29. The molecule has 146 valence electrons. The zero-order chi connectivity index (χ0) is 18.3. The Hall–Kier alpha value is -0.220. The fraction of sp³-hybridized carbons (Fsp3) is 0.950. The predicted molar refractivity (Wildman–Crippen MR) is 108 cm³/mol. The minimum absolute atomic E-state index is 0.184. The number of rotatable bonds is 17. The molecule has 0 rings (SSSR count). The maximum Gasteiger partial charge on any atom is 0.303 e. The van der Waals surface area contributed by atoms with Gasteiger partial charge in [-0.3, -0.25) is 4.79 Å². The van der Waals surface area contributed by atoms with E-state index in [-0.39, 0.29) is 6.61 Å². The Labute approximate surface area is 156 Å². The van der Waals surface area contributed by atoms with Gasteiger partial charge in [-0.2, -0.15) is 12.6 Å². The second-order valence-electron chi connectivity index (χ2n) is 6.54. The number of hydrogen-bond acceptors (Lipinski definition) is 3. The molecular formula is C20H42O3S. The number of unbranched alkanes of at least 4 members (excludes halogenated alkanes) is 14. The number of aliphatic hydroxyl groups is 1. The largest absolute Gasteiger partial charge is 0.481 e. The first-order valence-corrected chi connectivity index (χ1v) is 10.8. The van der Waals surface area contributed by atoms with Crippen molar-refractivity contribution < 1.29 is 15.0 Å². The summed E-state index contributed by atoms with van der Waals surface area (Å²) in [6.07, 6.45) is 20.2. The van der Waals surface area contributed by atoms with Gasteiger partial charge in [-0.25, -0.2) is 0 Å². The monoisotopic (exact) mass is 362 g/mol. The van der Waals surface area contributed by atoms with Crippen LogP contribution in [0.15, 0.2) is 0 Å². The number of thiol groups is 1. The van der Waals surface area contributed by atoms with Crippen LogP contribution >= 0.6 is 12.6 Å². The van der Waals surface area contributed by atoms with Crippen LogP contribution in [-0.2, 0) is 4.79 Å². The molecule has 0 heterocycles. The van der Waals surface area contributed by atoms with E-state index in [9.17, 15) is 4.79 Å². The standard InChI is InChI=1S/C18H36O2.C2H6OS/c1-2-3-4-5-6-7-8-9-10-11-12-13-14-15-16-17-18(19)20;3-1-2-4/h2-17H2,1H3,(H,19,20);3-4H,1-2H2. The van der Waals surface area contributed by atoms with E-state index in [2.05, 4.69) is 19.6 Å². The summed E-state index contributed by atoms with van der Waals surface area (Å²) in [6, 6.07) is 0. The Balaban J connectivity index is 0. The van der Waals surface area contributed by atoms with Crippen molar-refractivity contribution in [1.82, 2.24) is 0 Å². The average Bonchev–Trinajstić information content (AvgIpc) is 2.58. The zero-order valence-electron chi connectivity index (χ0n) is 16.0. The quantitative estimate of drug-likeness (QED) is 0.212. The molecule has 3 nitrogen and oxygen atoms in total. The number of carbonyl (C=O) groups is 1. The van der Waals surface area contributed by atoms with E-state index in [1.807, 2.05) is 0 Å². The number of hydrogen-bond donors (Lipinski definition) is 3. The molecule has 0 saturated heterocycles. The predicted octanol–water partition coefficient (Wildman–Crippen LogP) is 6.24. The second-order valence-corrected chi connectivity index (χ2v) is 6.99. The van der Waals surface area contributed by atoms with Gasteiger partial charge in [0, 0.05) is 12.2 Å². The van der Waals surface area contributed by atoms with Crippen LogP contribution in [0, 0.1) is 0 Å². The van der Waals surface area contributed by atoms with Crippen molar-refractivity contribution in [2.45, 2.75) is 110 Å². The van der Waals surface area contributed by atoms with Gasteiger partial charge in [0.15, 0.2) is 0 Å². The molecule has 24 heavy (non-hydrogen) atoms. The van der Waals surface area contributed by atoms with E-state index < -0.39 is 5.97 Å². The van der Waals surface area contributed by atoms with Crippen molar-refractivity contribution in [3.8, 4) is 0 Å². The lowest BCUT2D eigenvalue weighted by Crippen LogP contribution is -1.93. The highest BCUT2D eigenvalue weighted by Gasteiger charge is 1.97. The minimum atomic E-state index is -0.653. The van der Waals surface area contributed by atoms with Gasteiger partial charge < -0.3 is 10.2 Å². The van der Waals surface area contributed by atoms with Crippen LogP contribution in [0.1, 0.15) is 110 Å². The summed E-state index contributed by atoms with van der Waals surface area (Å²) < 4.78 is 0. The Morgan fingerprint density at radius 1 is 0.708 bits per heavy atom. The van der Waals surface area contributed by atoms with Crippen molar-refractivity contribution in [1.29, 1.82) is 0 Å². The summed E-state index contributed by atoms with van der Waals surface area (Å²) >= 11 is 3.67. The van der Waals surface area contributed by atoms with Crippen molar-refractivity contribution >= 4 is 18.6 Å². The van der Waals surface area contributed by atoms with E-state index in [0.717, 1.165) is 12.8 Å². The fourth-order valence-electron chi connectivity index (χ4n) is 2.65. The molecule has 0 saturated carbocycles. The van der Waals surface area contributed by atoms with Crippen molar-refractivity contribution in [2.75, 3.05) is 12.4 Å². The van der Waals surface area contributed by atoms with E-state index in [1.54, 1.807) is 0 Å². The van der Waals surface area contributed by atoms with Gasteiger partial charge in [0.1, 0.15) is 0 Å². The molecule has 0 bridgehead atoms. The number of carboxylic acid groups (broad SMARTS) is 1. The van der Waals surface area contributed by atoms with E-state index >= 15 is 0 Å². The molecule has 0 aromatic rings. The van der Waals surface area contributed by atoms with E-state index in [1.165, 1.54) is 83.5 Å². The highest BCUT2D eigenvalue weighted by atomic mass is 32.1. The van der Waals surface area contributed by atoms with Crippen LogP contribution in [0.2, 0.25) is 0 Å². The lowest BCUT2D eigenvalue weighted by atomic mass is 10.0. The minimum Gasteiger partial charge on any atom is -0.481 e. The molecule has 0 radical (unpaired) electrons. The maximum absolute atomic E-state index is 10.3. The van der Waals surface area contributed by atoms with Gasteiger partial charge >= 0.3 is 5.97 Å². The summed E-state index contributed by atoms with van der Waals surface area (Å²) in [5.41, 5.74) is 0. The molecule has 0 spiro atoms. The second kappa shape index (κ2) is 25.0. The summed E-state index contributed by atoms with van der Waals surface area (Å²) in [5, 5.41) is 16.3. The van der Waals surface area contributed by atoms with Gasteiger partial charge in [0.05, 0.1) is 6.61 Å². The van der Waals surface area contributed by atoms with Crippen LogP contribution in [-0.4, -0.2) is 28.5 Å². The van der Waals surface area contributed by atoms with E-state index in [4.69, 9.17) is 10.2 Å². The molecule has 0 aromatic carbocycles. The maximum atomic E-state index is 10.3. The van der Waals surface area contributed by atoms with Gasteiger partial charge in [-0.05, 0) is 6.42 Å². The lowest BCUT2D eigenvalue weighted by Gasteiger charge is -2.03. The van der Waals surface area contributed by atoms with Crippen molar-refractivity contribution in [2.24, 2.45) is 0 Å². The van der Waals surface area contributed by atoms with Gasteiger partial charge in [0.25, 0.3) is 0 Å². The molecule has 0 aliphatic heterocycles. The van der Waals surface area contributed by atoms with Crippen LogP contribution < -0.4 is 0 Å². The number of carboxylic acids is 1. The molecule has 0 unspecified atom stereocenters. The number of aliphatic carboxylic acids is 1. The van der Waals surface area contributed by atoms with Crippen LogP contribution in [0.3, 0.4) is 0 Å². The fourth-order valence-corrected chi connectivity index (χ4v) is 2.65. The summed E-state index contributed by atoms with van der Waals surface area (Å²) in [4.78, 5) is 10.3. The Morgan fingerprint density at radius 2 is 1.00 bits per heavy atom. The molecule has 0 aliphatic carbocycles. The van der Waals surface area contributed by atoms with Crippen LogP contribution in [0.4, 0.5) is 0 Å². The van der Waals surface area contributed by atoms with Gasteiger partial charge in [-0.1, -0.05) is 96.8 Å². The van der Waals surface area contributed by atoms with Crippen LogP contribution in [0.25, 0.3) is 0 Å². The molecule has 0 fully saturated rings. The SMILES string of the molecule is CCCCCCCCCCCCCCCCCC(=O)O.OCCS. The zero-order valence-corrected chi connectivity index (χ0v) is 16.9. The highest BCUT2D eigenvalue weighted by Crippen LogP contribution is 2.13. The molecule has 4 heteroatoms. The molecule has 2 N–H and O–H groups in total. The Kier molecular flexibility index (Phi) is 27.1. The van der Waals surface area contributed by atoms with Crippen LogP contribution in [0.5, 0.6) is 0 Å². The molecule has 0 atom stereocenters. The first-order valence-electron chi connectivity index (χ1n) is 10.1. The van der Waals surface area contributed by atoms with Gasteiger partial charge in [-0.15, -0.1) is 0 Å². The first kappa shape index (κ1) is 26.0. The smallest absolute Gasteiger partial charge is 0.303 e. The number of aliphatic hydroxyl groups excluding tert-OH is 1. The summed E-state index contributed by atoms with van der Waals surface area (Å²) in [6.45, 7) is 2.45. The third-order valence-electron chi connectivity index (χ3n) is 4.09. The summed E-state index contributed by atoms with van der Waals surface area (Å²) in [5.74, 6) is -0.0836. The first-order chi connectivity index (χ1) is 11.7. The third kappa shape index (κ3) is 29.7. The normalized spacial score (nSPS) is 10.3. The average molecular weight is 363 g/mol. The van der Waals surface area contributed by atoms with Crippen molar-refractivity contribution in [3.05, 3.63) is 0 Å². The highest BCUT2D eigenvalue weighted by molar-refractivity contribution is 7.80. The molecule has 0 aromatic heterocycles. The molecular weight excluding hydrogens is 320 g/mol. The molecule has 0 amide bonds. The Morgan fingerprint density at radius 3 is 1.25 bits per heavy atom. The van der Waals surface area contributed by atoms with E-state index in [0.29, 0.717) is 12.2 Å². The topological polar surface area (TPSA) is 57.5 Å². The Bertz CT molecular complexity index is 233. The summed E-state index contributed by atoms with van der Waals surface area (Å²) in [7, 11) is 0. The van der Waals surface area contributed by atoms with Gasteiger partial charge in [0.2, 0.25) is 0 Å².